The van der Waals surface area contributed by atoms with Gasteiger partial charge in [0.25, 0.3) is 0 Å². The van der Waals surface area contributed by atoms with E-state index in [1.165, 1.54) is 0 Å². The van der Waals surface area contributed by atoms with Gasteiger partial charge in [0.1, 0.15) is 0 Å². The number of carbonyl (C=O) groups excluding carboxylic acids is 2. The second-order valence-electron chi connectivity index (χ2n) is 5.86. The van der Waals surface area contributed by atoms with Gasteiger partial charge in [-0.25, -0.2) is 0 Å². The van der Waals surface area contributed by atoms with E-state index in [4.69, 9.17) is 0 Å². The molecule has 114 valence electrons. The van der Waals surface area contributed by atoms with Crippen molar-refractivity contribution in [1.29, 1.82) is 0 Å². The monoisotopic (exact) mass is 289 g/mol. The third kappa shape index (κ3) is 4.04. The number of likely N-dealkylation sites (N-methyl/N-ethyl adjacent to an activating group) is 1. The van der Waals surface area contributed by atoms with E-state index < -0.39 is 0 Å². The minimum atomic E-state index is 0.0150. The predicted octanol–water partition coefficient (Wildman–Crippen LogP) is 1.11. The van der Waals surface area contributed by atoms with Gasteiger partial charge in [0.2, 0.25) is 11.8 Å². The number of hydrogen-bond acceptors (Lipinski definition) is 3. The lowest BCUT2D eigenvalue weighted by Gasteiger charge is -2.31. The van der Waals surface area contributed by atoms with Crippen molar-refractivity contribution in [3.8, 4) is 0 Å². The molecule has 2 N–H and O–H groups in total. The first-order valence-electron chi connectivity index (χ1n) is 7.28. The number of anilines is 1. The lowest BCUT2D eigenvalue weighted by Crippen LogP contribution is -2.48. The Labute approximate surface area is 125 Å². The van der Waals surface area contributed by atoms with E-state index in [1.54, 1.807) is 19.0 Å². The summed E-state index contributed by atoms with van der Waals surface area (Å²) in [5.74, 6) is 0.569. The Morgan fingerprint density at radius 2 is 1.90 bits per heavy atom. The molecule has 0 spiro atoms. The molecular weight excluding hydrogens is 266 g/mol. The molecule has 1 aliphatic rings. The van der Waals surface area contributed by atoms with Crippen LogP contribution in [0.3, 0.4) is 0 Å². The standard InChI is InChI=1S/C16H23N3O2/c1-11(13-9-17-10-13)16(21)18-14-6-4-12(5-7-14)8-15(20)19(2)3/h4-7,11,13,17H,8-10H2,1-3H3,(H,18,21). The summed E-state index contributed by atoms with van der Waals surface area (Å²) in [6.45, 7) is 3.80. The minimum Gasteiger partial charge on any atom is -0.349 e. The van der Waals surface area contributed by atoms with E-state index in [9.17, 15) is 9.59 Å². The normalized spacial score (nSPS) is 16.0. The molecule has 5 nitrogen and oxygen atoms in total. The number of rotatable bonds is 5. The van der Waals surface area contributed by atoms with Crippen molar-refractivity contribution in [2.45, 2.75) is 13.3 Å². The lowest BCUT2D eigenvalue weighted by molar-refractivity contribution is -0.128. The average Bonchev–Trinajstić information content (AvgIpc) is 2.38. The second kappa shape index (κ2) is 6.72. The molecule has 2 rings (SSSR count). The fourth-order valence-electron chi connectivity index (χ4n) is 2.17. The summed E-state index contributed by atoms with van der Waals surface area (Å²) in [4.78, 5) is 25.3. The molecule has 21 heavy (non-hydrogen) atoms. The molecule has 1 saturated heterocycles. The number of carbonyl (C=O) groups is 2. The molecule has 0 radical (unpaired) electrons. The third-order valence-electron chi connectivity index (χ3n) is 4.01. The van der Waals surface area contributed by atoms with Crippen LogP contribution < -0.4 is 10.6 Å². The number of benzene rings is 1. The van der Waals surface area contributed by atoms with Gasteiger partial charge in [-0.1, -0.05) is 19.1 Å². The summed E-state index contributed by atoms with van der Waals surface area (Å²) in [5, 5.41) is 6.11. The number of amides is 2. The van der Waals surface area contributed by atoms with E-state index in [0.717, 1.165) is 24.3 Å². The quantitative estimate of drug-likeness (QED) is 0.853. The maximum Gasteiger partial charge on any atom is 0.227 e. The molecule has 1 unspecified atom stereocenters. The molecule has 0 aromatic heterocycles. The zero-order valence-electron chi connectivity index (χ0n) is 12.8. The predicted molar refractivity (Wildman–Crippen MR) is 83.0 cm³/mol. The smallest absolute Gasteiger partial charge is 0.227 e. The van der Waals surface area contributed by atoms with E-state index in [-0.39, 0.29) is 17.7 Å². The minimum absolute atomic E-state index is 0.0150. The van der Waals surface area contributed by atoms with Crippen molar-refractivity contribution in [3.63, 3.8) is 0 Å². The Balaban J connectivity index is 1.89. The van der Waals surface area contributed by atoms with Gasteiger partial charge in [0, 0.05) is 25.7 Å². The zero-order chi connectivity index (χ0) is 15.4. The van der Waals surface area contributed by atoms with Gasteiger partial charge in [0.15, 0.2) is 0 Å². The molecule has 1 aliphatic heterocycles. The summed E-state index contributed by atoms with van der Waals surface area (Å²) in [6.07, 6.45) is 0.380. The Hall–Kier alpha value is -1.88. The van der Waals surface area contributed by atoms with Gasteiger partial charge >= 0.3 is 0 Å². The molecule has 1 aromatic rings. The molecule has 5 heteroatoms. The molecule has 1 heterocycles. The maximum absolute atomic E-state index is 12.1. The largest absolute Gasteiger partial charge is 0.349 e. The first kappa shape index (κ1) is 15.5. The Kier molecular flexibility index (Phi) is 4.96. The lowest BCUT2D eigenvalue weighted by atomic mass is 9.88. The fraction of sp³-hybridized carbons (Fsp3) is 0.500. The summed E-state index contributed by atoms with van der Waals surface area (Å²) in [6, 6.07) is 7.46. The highest BCUT2D eigenvalue weighted by molar-refractivity contribution is 5.92. The summed E-state index contributed by atoms with van der Waals surface area (Å²) >= 11 is 0. The molecule has 0 saturated carbocycles. The summed E-state index contributed by atoms with van der Waals surface area (Å²) in [5.41, 5.74) is 1.73. The Bertz CT molecular complexity index is 507. The molecule has 0 aliphatic carbocycles. The van der Waals surface area contributed by atoms with Crippen molar-refractivity contribution in [2.75, 3.05) is 32.5 Å². The van der Waals surface area contributed by atoms with Gasteiger partial charge < -0.3 is 15.5 Å². The second-order valence-corrected chi connectivity index (χ2v) is 5.86. The molecule has 1 atom stereocenters. The summed E-state index contributed by atoms with van der Waals surface area (Å²) in [7, 11) is 3.49. The van der Waals surface area contributed by atoms with Crippen molar-refractivity contribution >= 4 is 17.5 Å². The van der Waals surface area contributed by atoms with Crippen LogP contribution in [0.1, 0.15) is 12.5 Å². The fourth-order valence-corrected chi connectivity index (χ4v) is 2.17. The van der Waals surface area contributed by atoms with Crippen LogP contribution >= 0.6 is 0 Å². The summed E-state index contributed by atoms with van der Waals surface area (Å²) < 4.78 is 0. The third-order valence-corrected chi connectivity index (χ3v) is 4.01. The van der Waals surface area contributed by atoms with Crippen LogP contribution in [0.5, 0.6) is 0 Å². The molecule has 1 aromatic carbocycles. The van der Waals surface area contributed by atoms with Gasteiger partial charge in [-0.2, -0.15) is 0 Å². The van der Waals surface area contributed by atoms with Crippen LogP contribution in [-0.2, 0) is 16.0 Å². The van der Waals surface area contributed by atoms with Crippen LogP contribution in [0.15, 0.2) is 24.3 Å². The maximum atomic E-state index is 12.1. The van der Waals surface area contributed by atoms with Crippen molar-refractivity contribution in [2.24, 2.45) is 11.8 Å². The van der Waals surface area contributed by atoms with Crippen molar-refractivity contribution in [1.82, 2.24) is 10.2 Å². The van der Waals surface area contributed by atoms with Gasteiger partial charge in [-0.15, -0.1) is 0 Å². The topological polar surface area (TPSA) is 61.4 Å². The van der Waals surface area contributed by atoms with Gasteiger partial charge in [-0.3, -0.25) is 9.59 Å². The molecule has 2 amide bonds. The van der Waals surface area contributed by atoms with Crippen LogP contribution in [-0.4, -0.2) is 43.9 Å². The average molecular weight is 289 g/mol. The Morgan fingerprint density at radius 1 is 1.29 bits per heavy atom. The highest BCUT2D eigenvalue weighted by Gasteiger charge is 2.28. The van der Waals surface area contributed by atoms with E-state index >= 15 is 0 Å². The highest BCUT2D eigenvalue weighted by Crippen LogP contribution is 2.18. The van der Waals surface area contributed by atoms with Gasteiger partial charge in [-0.05, 0) is 36.7 Å². The zero-order valence-corrected chi connectivity index (χ0v) is 12.8. The highest BCUT2D eigenvalue weighted by atomic mass is 16.2. The first-order valence-corrected chi connectivity index (χ1v) is 7.28. The van der Waals surface area contributed by atoms with E-state index in [1.807, 2.05) is 31.2 Å². The van der Waals surface area contributed by atoms with Crippen LogP contribution in [0, 0.1) is 11.8 Å². The SMILES string of the molecule is CC(C(=O)Nc1ccc(CC(=O)N(C)C)cc1)C1CNC1. The van der Waals surface area contributed by atoms with Gasteiger partial charge in [0.05, 0.1) is 6.42 Å². The van der Waals surface area contributed by atoms with E-state index in [2.05, 4.69) is 10.6 Å². The molecule has 1 fully saturated rings. The Morgan fingerprint density at radius 3 is 2.38 bits per heavy atom. The van der Waals surface area contributed by atoms with E-state index in [0.29, 0.717) is 12.3 Å². The van der Waals surface area contributed by atoms with Crippen LogP contribution in [0.25, 0.3) is 0 Å². The van der Waals surface area contributed by atoms with Crippen molar-refractivity contribution < 1.29 is 9.59 Å². The molecule has 0 bridgehead atoms. The number of nitrogens with one attached hydrogen (secondary N) is 2. The van der Waals surface area contributed by atoms with Crippen molar-refractivity contribution in [3.05, 3.63) is 29.8 Å². The van der Waals surface area contributed by atoms with Crippen LogP contribution in [0.4, 0.5) is 5.69 Å². The number of nitrogens with zero attached hydrogens (tertiary/aromatic N) is 1. The first-order chi connectivity index (χ1) is 9.97. The molecular formula is C16H23N3O2. The van der Waals surface area contributed by atoms with Crippen LogP contribution in [0.2, 0.25) is 0 Å². The number of hydrogen-bond donors (Lipinski definition) is 2.